The molecule has 1 heterocycles. The van der Waals surface area contributed by atoms with Crippen LogP contribution in [-0.2, 0) is 9.59 Å². The van der Waals surface area contributed by atoms with Crippen molar-refractivity contribution in [2.45, 2.75) is 38.8 Å². The van der Waals surface area contributed by atoms with Crippen LogP contribution >= 0.6 is 0 Å². The van der Waals surface area contributed by atoms with E-state index in [2.05, 4.69) is 0 Å². The van der Waals surface area contributed by atoms with Crippen molar-refractivity contribution < 1.29 is 27.9 Å². The van der Waals surface area contributed by atoms with Gasteiger partial charge in [0.1, 0.15) is 0 Å². The van der Waals surface area contributed by atoms with Gasteiger partial charge >= 0.3 is 12.1 Å². The Balaban J connectivity index is 2.07. The molecule has 7 heteroatoms. The molecule has 4 nitrogen and oxygen atoms in total. The molecule has 4 atom stereocenters. The number of nitrogens with zero attached hydrogens (tertiary/aromatic N) is 1. The smallest absolute Gasteiger partial charge is 0.393 e. The summed E-state index contributed by atoms with van der Waals surface area (Å²) in [6, 6.07) is 0. The van der Waals surface area contributed by atoms with Crippen LogP contribution in [0.1, 0.15) is 32.6 Å². The average Bonchev–Trinajstić information content (AvgIpc) is 2.79. The Morgan fingerprint density at radius 2 is 1.81 bits per heavy atom. The third-order valence-corrected chi connectivity index (χ3v) is 4.63. The summed E-state index contributed by atoms with van der Waals surface area (Å²) in [7, 11) is 0. The van der Waals surface area contributed by atoms with Crippen molar-refractivity contribution in [3.63, 3.8) is 0 Å². The molecular formula is C14H20F3NO3. The number of likely N-dealkylation sites (tertiary alicyclic amines) is 1. The Morgan fingerprint density at radius 1 is 1.19 bits per heavy atom. The Labute approximate surface area is 121 Å². The number of carboxylic acid groups (broad SMARTS) is 1. The van der Waals surface area contributed by atoms with E-state index in [1.807, 2.05) is 6.92 Å². The van der Waals surface area contributed by atoms with Crippen LogP contribution in [0.4, 0.5) is 13.2 Å². The maximum Gasteiger partial charge on any atom is 0.393 e. The van der Waals surface area contributed by atoms with Gasteiger partial charge in [0.15, 0.2) is 0 Å². The van der Waals surface area contributed by atoms with Gasteiger partial charge in [-0.1, -0.05) is 6.92 Å². The summed E-state index contributed by atoms with van der Waals surface area (Å²) in [5.41, 5.74) is 0. The first-order valence-corrected chi connectivity index (χ1v) is 7.28. The fraction of sp³-hybridized carbons (Fsp3) is 0.857. The number of carbonyl (C=O) groups is 2. The molecule has 2 unspecified atom stereocenters. The summed E-state index contributed by atoms with van der Waals surface area (Å²) in [4.78, 5) is 24.9. The van der Waals surface area contributed by atoms with Crippen LogP contribution in [0.3, 0.4) is 0 Å². The van der Waals surface area contributed by atoms with Crippen molar-refractivity contribution in [1.29, 1.82) is 0 Å². The van der Waals surface area contributed by atoms with Gasteiger partial charge in [0.25, 0.3) is 0 Å². The second kappa shape index (κ2) is 5.85. The van der Waals surface area contributed by atoms with Crippen molar-refractivity contribution in [2.24, 2.45) is 23.7 Å². The van der Waals surface area contributed by atoms with E-state index >= 15 is 0 Å². The molecule has 0 aromatic heterocycles. The first-order chi connectivity index (χ1) is 9.70. The quantitative estimate of drug-likeness (QED) is 0.853. The first-order valence-electron chi connectivity index (χ1n) is 7.28. The third kappa shape index (κ3) is 3.49. The molecule has 1 saturated carbocycles. The summed E-state index contributed by atoms with van der Waals surface area (Å²) in [6.07, 6.45) is -3.08. The Morgan fingerprint density at radius 3 is 2.38 bits per heavy atom. The number of piperidine rings is 1. The topological polar surface area (TPSA) is 57.6 Å². The van der Waals surface area contributed by atoms with Crippen molar-refractivity contribution >= 4 is 11.9 Å². The zero-order valence-electron chi connectivity index (χ0n) is 11.9. The second-order valence-corrected chi connectivity index (χ2v) is 6.29. The molecule has 1 aliphatic heterocycles. The van der Waals surface area contributed by atoms with Crippen molar-refractivity contribution in [3.05, 3.63) is 0 Å². The number of halogens is 3. The predicted octanol–water partition coefficient (Wildman–Crippen LogP) is 2.53. The van der Waals surface area contributed by atoms with Gasteiger partial charge in [-0.25, -0.2) is 0 Å². The second-order valence-electron chi connectivity index (χ2n) is 6.29. The molecule has 0 aromatic carbocycles. The largest absolute Gasteiger partial charge is 0.481 e. The van der Waals surface area contributed by atoms with Gasteiger partial charge in [-0.2, -0.15) is 13.2 Å². The average molecular weight is 307 g/mol. The number of alkyl halides is 3. The molecule has 1 N–H and O–H groups in total. The zero-order chi connectivity index (χ0) is 15.8. The van der Waals surface area contributed by atoms with Gasteiger partial charge in [-0.3, -0.25) is 9.59 Å². The van der Waals surface area contributed by atoms with E-state index in [1.165, 1.54) is 4.90 Å². The van der Waals surface area contributed by atoms with Crippen LogP contribution in [0.5, 0.6) is 0 Å². The number of carbonyl (C=O) groups excluding carboxylic acids is 1. The first kappa shape index (κ1) is 16.1. The molecule has 120 valence electrons. The minimum atomic E-state index is -4.30. The molecule has 0 radical (unpaired) electrons. The van der Waals surface area contributed by atoms with Gasteiger partial charge in [0.05, 0.1) is 17.8 Å². The summed E-state index contributed by atoms with van der Waals surface area (Å²) >= 11 is 0. The van der Waals surface area contributed by atoms with Gasteiger partial charge in [0, 0.05) is 13.1 Å². The van der Waals surface area contributed by atoms with Crippen LogP contribution < -0.4 is 0 Å². The number of amides is 1. The predicted molar refractivity (Wildman–Crippen MR) is 68.4 cm³/mol. The van der Waals surface area contributed by atoms with Gasteiger partial charge in [-0.15, -0.1) is 0 Å². The fourth-order valence-electron chi connectivity index (χ4n) is 3.52. The van der Waals surface area contributed by atoms with E-state index < -0.39 is 35.8 Å². The van der Waals surface area contributed by atoms with Gasteiger partial charge in [0.2, 0.25) is 5.91 Å². The summed E-state index contributed by atoms with van der Waals surface area (Å²) < 4.78 is 38.4. The molecular weight excluding hydrogens is 287 g/mol. The SMILES string of the molecule is CC1C[C@H](C(=O)N2CCCC(C(F)(F)F)C2)[C@H](C(=O)O)C1. The molecule has 0 bridgehead atoms. The van der Waals surface area contributed by atoms with E-state index in [0.29, 0.717) is 25.8 Å². The number of rotatable bonds is 2. The number of hydrogen-bond donors (Lipinski definition) is 1. The standard InChI is InChI=1S/C14H20F3NO3/c1-8-5-10(11(6-8)13(20)21)12(19)18-4-2-3-9(7-18)14(15,16)17/h8-11H,2-7H2,1H3,(H,20,21)/t8?,9?,10-,11+/m0/s1. The molecule has 2 rings (SSSR count). The highest BCUT2D eigenvalue weighted by Crippen LogP contribution is 2.39. The van der Waals surface area contributed by atoms with Crippen LogP contribution in [0.25, 0.3) is 0 Å². The van der Waals surface area contributed by atoms with Crippen LogP contribution in [0.15, 0.2) is 0 Å². The van der Waals surface area contributed by atoms with Crippen LogP contribution in [-0.4, -0.2) is 41.1 Å². The molecule has 0 spiro atoms. The lowest BCUT2D eigenvalue weighted by molar-refractivity contribution is -0.189. The summed E-state index contributed by atoms with van der Waals surface area (Å²) in [6.45, 7) is 1.83. The van der Waals surface area contributed by atoms with E-state index in [9.17, 15) is 27.9 Å². The molecule has 2 fully saturated rings. The van der Waals surface area contributed by atoms with Crippen molar-refractivity contribution in [2.75, 3.05) is 13.1 Å². The Hall–Kier alpha value is -1.27. The monoisotopic (exact) mass is 307 g/mol. The highest BCUT2D eigenvalue weighted by Gasteiger charge is 2.46. The summed E-state index contributed by atoms with van der Waals surface area (Å²) in [5.74, 6) is -4.26. The molecule has 0 aromatic rings. The molecule has 21 heavy (non-hydrogen) atoms. The number of aliphatic carboxylic acids is 1. The van der Waals surface area contributed by atoms with Crippen LogP contribution in [0, 0.1) is 23.7 Å². The molecule has 1 aliphatic carbocycles. The normalized spacial score (nSPS) is 34.0. The lowest BCUT2D eigenvalue weighted by atomic mass is 9.91. The molecule has 1 amide bonds. The number of hydrogen-bond acceptors (Lipinski definition) is 2. The van der Waals surface area contributed by atoms with E-state index in [4.69, 9.17) is 0 Å². The highest BCUT2D eigenvalue weighted by molar-refractivity contribution is 5.85. The van der Waals surface area contributed by atoms with E-state index in [1.54, 1.807) is 0 Å². The minimum absolute atomic E-state index is 0.0384. The Bertz CT molecular complexity index is 424. The van der Waals surface area contributed by atoms with Gasteiger partial charge in [-0.05, 0) is 31.6 Å². The Kier molecular flexibility index (Phi) is 4.49. The van der Waals surface area contributed by atoms with Crippen LogP contribution in [0.2, 0.25) is 0 Å². The number of carboxylic acids is 1. The fourth-order valence-corrected chi connectivity index (χ4v) is 3.52. The zero-order valence-corrected chi connectivity index (χ0v) is 11.9. The van der Waals surface area contributed by atoms with Gasteiger partial charge < -0.3 is 10.0 Å². The van der Waals surface area contributed by atoms with Crippen molar-refractivity contribution in [3.8, 4) is 0 Å². The van der Waals surface area contributed by atoms with E-state index in [-0.39, 0.29) is 18.9 Å². The minimum Gasteiger partial charge on any atom is -0.481 e. The maximum atomic E-state index is 12.8. The molecule has 1 saturated heterocycles. The lowest BCUT2D eigenvalue weighted by Crippen LogP contribution is -2.47. The molecule has 2 aliphatic rings. The lowest BCUT2D eigenvalue weighted by Gasteiger charge is -2.35. The van der Waals surface area contributed by atoms with Crippen molar-refractivity contribution in [1.82, 2.24) is 4.90 Å². The highest BCUT2D eigenvalue weighted by atomic mass is 19.4. The maximum absolute atomic E-state index is 12.8. The van der Waals surface area contributed by atoms with E-state index in [0.717, 1.165) is 0 Å². The third-order valence-electron chi connectivity index (χ3n) is 4.63. The summed E-state index contributed by atoms with van der Waals surface area (Å²) in [5, 5.41) is 9.18.